The van der Waals surface area contributed by atoms with Crippen LogP contribution in [0, 0.1) is 12.8 Å². The molecule has 0 bridgehead atoms. The van der Waals surface area contributed by atoms with E-state index in [1.165, 1.54) is 0 Å². The van der Waals surface area contributed by atoms with E-state index in [2.05, 4.69) is 22.3 Å². The van der Waals surface area contributed by atoms with E-state index in [1.807, 2.05) is 4.90 Å². The normalized spacial score (nSPS) is 26.1. The van der Waals surface area contributed by atoms with Crippen molar-refractivity contribution in [1.29, 1.82) is 0 Å². The molecule has 1 aromatic rings. The van der Waals surface area contributed by atoms with Crippen molar-refractivity contribution in [1.82, 2.24) is 15.0 Å². The lowest BCUT2D eigenvalue weighted by Crippen LogP contribution is -2.39. The Kier molecular flexibility index (Phi) is 3.85. The molecule has 1 aliphatic heterocycles. The summed E-state index contributed by atoms with van der Waals surface area (Å²) in [7, 11) is 0. The molecule has 0 saturated carbocycles. The van der Waals surface area contributed by atoms with Gasteiger partial charge in [-0.1, -0.05) is 17.3 Å². The Morgan fingerprint density at radius 3 is 3.10 bits per heavy atom. The van der Waals surface area contributed by atoms with Crippen LogP contribution in [0.2, 0.25) is 0 Å². The largest absolute Gasteiger partial charge is 0.342 e. The number of nitrogens with zero attached hydrogens (tertiary/aromatic N) is 3. The minimum absolute atomic E-state index is 0.226. The van der Waals surface area contributed by atoms with Crippen LogP contribution in [0.1, 0.15) is 49.7 Å². The molecular formula is C15H21N3O2. The van der Waals surface area contributed by atoms with Crippen molar-refractivity contribution in [3.8, 4) is 0 Å². The summed E-state index contributed by atoms with van der Waals surface area (Å²) in [6.07, 6.45) is 9.29. The number of aryl methyl sites for hydroxylation is 1. The van der Waals surface area contributed by atoms with Gasteiger partial charge in [0.2, 0.25) is 11.8 Å². The fourth-order valence-corrected chi connectivity index (χ4v) is 3.11. The molecule has 1 fully saturated rings. The van der Waals surface area contributed by atoms with Gasteiger partial charge in [0, 0.05) is 32.4 Å². The van der Waals surface area contributed by atoms with Gasteiger partial charge < -0.3 is 9.42 Å². The second-order valence-corrected chi connectivity index (χ2v) is 5.82. The third-order valence-corrected chi connectivity index (χ3v) is 4.23. The summed E-state index contributed by atoms with van der Waals surface area (Å²) in [5, 5.41) is 4.00. The predicted molar refractivity (Wildman–Crippen MR) is 74.1 cm³/mol. The molecule has 0 aromatic carbocycles. The Bertz CT molecular complexity index is 509. The summed E-state index contributed by atoms with van der Waals surface area (Å²) >= 11 is 0. The molecule has 1 aliphatic carbocycles. The lowest BCUT2D eigenvalue weighted by atomic mass is 9.96. The highest BCUT2D eigenvalue weighted by molar-refractivity contribution is 5.77. The van der Waals surface area contributed by atoms with Gasteiger partial charge in [-0.15, -0.1) is 0 Å². The first-order valence-corrected chi connectivity index (χ1v) is 7.47. The minimum Gasteiger partial charge on any atom is -0.342 e. The van der Waals surface area contributed by atoms with Gasteiger partial charge in [-0.2, -0.15) is 4.98 Å². The van der Waals surface area contributed by atoms with Gasteiger partial charge in [0.15, 0.2) is 5.82 Å². The fourth-order valence-electron chi connectivity index (χ4n) is 3.11. The molecule has 0 radical (unpaired) electrons. The molecule has 0 spiro atoms. The van der Waals surface area contributed by atoms with Gasteiger partial charge in [0.1, 0.15) is 0 Å². The molecule has 0 N–H and O–H groups in total. The van der Waals surface area contributed by atoms with Crippen molar-refractivity contribution in [3.63, 3.8) is 0 Å². The Morgan fingerprint density at radius 1 is 1.50 bits per heavy atom. The number of hydrogen-bond donors (Lipinski definition) is 0. The molecule has 0 unspecified atom stereocenters. The third-order valence-electron chi connectivity index (χ3n) is 4.23. The second-order valence-electron chi connectivity index (χ2n) is 5.82. The predicted octanol–water partition coefficient (Wildman–Crippen LogP) is 2.44. The number of aromatic nitrogens is 2. The smallest absolute Gasteiger partial charge is 0.223 e. The average molecular weight is 275 g/mol. The molecule has 1 amide bonds. The highest BCUT2D eigenvalue weighted by atomic mass is 16.5. The van der Waals surface area contributed by atoms with Crippen molar-refractivity contribution in [2.75, 3.05) is 13.1 Å². The van der Waals surface area contributed by atoms with Crippen LogP contribution in [0.5, 0.6) is 0 Å². The minimum atomic E-state index is 0.226. The van der Waals surface area contributed by atoms with Crippen LogP contribution >= 0.6 is 0 Å². The number of likely N-dealkylation sites (tertiary alicyclic amines) is 1. The van der Waals surface area contributed by atoms with Crippen LogP contribution < -0.4 is 0 Å². The Labute approximate surface area is 119 Å². The number of hydrogen-bond acceptors (Lipinski definition) is 4. The molecule has 1 saturated heterocycles. The van der Waals surface area contributed by atoms with Crippen molar-refractivity contribution >= 4 is 5.91 Å². The maximum absolute atomic E-state index is 12.4. The van der Waals surface area contributed by atoms with Crippen molar-refractivity contribution in [2.24, 2.45) is 5.92 Å². The van der Waals surface area contributed by atoms with Gasteiger partial charge in [-0.05, 0) is 31.6 Å². The monoisotopic (exact) mass is 275 g/mol. The van der Waals surface area contributed by atoms with Gasteiger partial charge in [-0.25, -0.2) is 0 Å². The molecule has 2 atom stereocenters. The standard InChI is InChI=1S/C15H21N3O2/c1-11-16-15(17-20-11)13-7-4-8-18(10-13)14(19)9-12-5-2-3-6-12/h2,5,12-13H,3-4,6-10H2,1H3/t12-,13-/m1/s1. The molecule has 2 aliphatic rings. The van der Waals surface area contributed by atoms with Crippen molar-refractivity contribution in [3.05, 3.63) is 23.9 Å². The molecule has 5 heteroatoms. The lowest BCUT2D eigenvalue weighted by Gasteiger charge is -2.32. The zero-order valence-corrected chi connectivity index (χ0v) is 11.9. The lowest BCUT2D eigenvalue weighted by molar-refractivity contribution is -0.133. The number of rotatable bonds is 3. The Morgan fingerprint density at radius 2 is 2.40 bits per heavy atom. The summed E-state index contributed by atoms with van der Waals surface area (Å²) in [5.41, 5.74) is 0. The number of piperidine rings is 1. The fraction of sp³-hybridized carbons (Fsp3) is 0.667. The van der Waals surface area contributed by atoms with E-state index >= 15 is 0 Å². The zero-order chi connectivity index (χ0) is 13.9. The van der Waals surface area contributed by atoms with E-state index in [-0.39, 0.29) is 11.8 Å². The number of carbonyl (C=O) groups is 1. The van der Waals surface area contributed by atoms with Gasteiger partial charge >= 0.3 is 0 Å². The van der Waals surface area contributed by atoms with E-state index in [0.717, 1.165) is 44.6 Å². The SMILES string of the molecule is Cc1nc([C@@H]2CCCN(C(=O)C[C@@H]3C=CCC3)C2)no1. The number of carbonyl (C=O) groups excluding carboxylic acids is 1. The van der Waals surface area contributed by atoms with E-state index in [1.54, 1.807) is 6.92 Å². The molecular weight excluding hydrogens is 254 g/mol. The van der Waals surface area contributed by atoms with Gasteiger partial charge in [-0.3, -0.25) is 4.79 Å². The van der Waals surface area contributed by atoms with Gasteiger partial charge in [0.25, 0.3) is 0 Å². The first-order chi connectivity index (χ1) is 9.72. The van der Waals surface area contributed by atoms with E-state index < -0.39 is 0 Å². The quantitative estimate of drug-likeness (QED) is 0.795. The average Bonchev–Trinajstić information content (AvgIpc) is 3.10. The topological polar surface area (TPSA) is 59.2 Å². The van der Waals surface area contributed by atoms with Crippen molar-refractivity contribution in [2.45, 2.75) is 44.9 Å². The Hall–Kier alpha value is -1.65. The zero-order valence-electron chi connectivity index (χ0n) is 11.9. The first kappa shape index (κ1) is 13.3. The maximum atomic E-state index is 12.4. The highest BCUT2D eigenvalue weighted by Gasteiger charge is 2.28. The van der Waals surface area contributed by atoms with E-state index in [4.69, 9.17) is 4.52 Å². The molecule has 20 heavy (non-hydrogen) atoms. The first-order valence-electron chi connectivity index (χ1n) is 7.47. The van der Waals surface area contributed by atoms with Crippen LogP contribution in [0.3, 0.4) is 0 Å². The molecule has 5 nitrogen and oxygen atoms in total. The summed E-state index contributed by atoms with van der Waals surface area (Å²) < 4.78 is 5.05. The second kappa shape index (κ2) is 5.77. The molecule has 2 heterocycles. The summed E-state index contributed by atoms with van der Waals surface area (Å²) in [6, 6.07) is 0. The summed E-state index contributed by atoms with van der Waals surface area (Å²) in [4.78, 5) is 18.6. The Balaban J connectivity index is 1.59. The van der Waals surface area contributed by atoms with Gasteiger partial charge in [0.05, 0.1) is 0 Å². The third kappa shape index (κ3) is 2.92. The summed E-state index contributed by atoms with van der Waals surface area (Å²) in [6.45, 7) is 3.39. The van der Waals surface area contributed by atoms with Crippen LogP contribution in [-0.4, -0.2) is 34.0 Å². The number of allylic oxidation sites excluding steroid dienone is 2. The van der Waals surface area contributed by atoms with Crippen LogP contribution in [-0.2, 0) is 4.79 Å². The summed E-state index contributed by atoms with van der Waals surface area (Å²) in [5.74, 6) is 2.28. The maximum Gasteiger partial charge on any atom is 0.223 e. The molecule has 1 aromatic heterocycles. The molecule has 108 valence electrons. The van der Waals surface area contributed by atoms with Crippen LogP contribution in [0.25, 0.3) is 0 Å². The highest BCUT2D eigenvalue weighted by Crippen LogP contribution is 2.27. The van der Waals surface area contributed by atoms with Crippen LogP contribution in [0.15, 0.2) is 16.7 Å². The van der Waals surface area contributed by atoms with E-state index in [9.17, 15) is 4.79 Å². The number of amides is 1. The van der Waals surface area contributed by atoms with Crippen molar-refractivity contribution < 1.29 is 9.32 Å². The van der Waals surface area contributed by atoms with E-state index in [0.29, 0.717) is 18.2 Å². The van der Waals surface area contributed by atoms with Crippen LogP contribution in [0.4, 0.5) is 0 Å². The molecule has 3 rings (SSSR count).